The van der Waals surface area contributed by atoms with Gasteiger partial charge in [-0.2, -0.15) is 5.10 Å². The topological polar surface area (TPSA) is 55.2 Å². The first kappa shape index (κ1) is 18.4. The maximum Gasteiger partial charge on any atom is 0.185 e. The van der Waals surface area contributed by atoms with Crippen LogP contribution in [0.3, 0.4) is 0 Å². The van der Waals surface area contributed by atoms with E-state index < -0.39 is 0 Å². The van der Waals surface area contributed by atoms with Gasteiger partial charge in [0.05, 0.1) is 19.0 Å². The molecule has 0 saturated carbocycles. The van der Waals surface area contributed by atoms with Crippen LogP contribution in [0.4, 0.5) is 5.13 Å². The van der Waals surface area contributed by atoms with Gasteiger partial charge in [0.1, 0.15) is 5.75 Å². The summed E-state index contributed by atoms with van der Waals surface area (Å²) in [5.41, 5.74) is 3.35. The molecule has 1 N–H and O–H groups in total. The van der Waals surface area contributed by atoms with E-state index in [9.17, 15) is 0 Å². The van der Waals surface area contributed by atoms with E-state index >= 15 is 0 Å². The number of benzene rings is 1. The molecule has 3 rings (SSSR count). The van der Waals surface area contributed by atoms with Gasteiger partial charge in [-0.3, -0.25) is 0 Å². The number of nitrogens with zero attached hydrogens (tertiary/aromatic N) is 4. The summed E-state index contributed by atoms with van der Waals surface area (Å²) >= 11 is 1.71. The van der Waals surface area contributed by atoms with Crippen molar-refractivity contribution in [3.05, 3.63) is 52.8 Å². The highest BCUT2D eigenvalue weighted by atomic mass is 32.1. The van der Waals surface area contributed by atoms with Crippen molar-refractivity contribution in [1.29, 1.82) is 0 Å². The van der Waals surface area contributed by atoms with Crippen LogP contribution in [-0.4, -0.2) is 36.0 Å². The lowest BCUT2D eigenvalue weighted by molar-refractivity contribution is 0.414. The minimum absolute atomic E-state index is 0.201. The molecule has 7 heteroatoms. The minimum atomic E-state index is 0.201. The molecule has 3 aromatic rings. The van der Waals surface area contributed by atoms with Gasteiger partial charge in [-0.15, -0.1) is 11.3 Å². The highest BCUT2D eigenvalue weighted by Gasteiger charge is 2.15. The standard InChI is InChI=1S/C19H25N5OS/c1-13(20-10-17-11-21-19(26-17)23(3)4)18-12-22-24(14(18)2)15-6-8-16(25-5)9-7-15/h6-9,11-13,20H,10H2,1-5H3/t13-/m0/s1. The molecule has 0 radical (unpaired) electrons. The second-order valence-electron chi connectivity index (χ2n) is 6.40. The van der Waals surface area contributed by atoms with Gasteiger partial charge in [-0.25, -0.2) is 9.67 Å². The number of thiazole rings is 1. The third-order valence-electron chi connectivity index (χ3n) is 4.34. The van der Waals surface area contributed by atoms with Crippen molar-refractivity contribution in [2.45, 2.75) is 26.4 Å². The smallest absolute Gasteiger partial charge is 0.185 e. The molecule has 0 saturated heterocycles. The van der Waals surface area contributed by atoms with Crippen LogP contribution in [0.15, 0.2) is 36.7 Å². The average molecular weight is 372 g/mol. The van der Waals surface area contributed by atoms with Crippen molar-refractivity contribution < 1.29 is 4.74 Å². The van der Waals surface area contributed by atoms with Crippen LogP contribution >= 0.6 is 11.3 Å². The highest BCUT2D eigenvalue weighted by molar-refractivity contribution is 7.15. The number of rotatable bonds is 7. The van der Waals surface area contributed by atoms with Crippen LogP contribution < -0.4 is 15.0 Å². The molecule has 0 unspecified atom stereocenters. The van der Waals surface area contributed by atoms with Gasteiger partial charge >= 0.3 is 0 Å². The fraction of sp³-hybridized carbons (Fsp3) is 0.368. The summed E-state index contributed by atoms with van der Waals surface area (Å²) in [6.45, 7) is 5.05. The maximum atomic E-state index is 5.22. The van der Waals surface area contributed by atoms with E-state index in [1.165, 1.54) is 10.4 Å². The lowest BCUT2D eigenvalue weighted by atomic mass is 10.1. The predicted molar refractivity (Wildman–Crippen MR) is 107 cm³/mol. The normalized spacial score (nSPS) is 12.2. The average Bonchev–Trinajstić information content (AvgIpc) is 3.27. The zero-order chi connectivity index (χ0) is 18.7. The summed E-state index contributed by atoms with van der Waals surface area (Å²) in [4.78, 5) is 7.67. The number of hydrogen-bond donors (Lipinski definition) is 1. The Bertz CT molecular complexity index is 853. The van der Waals surface area contributed by atoms with Crippen LogP contribution in [0.2, 0.25) is 0 Å². The Morgan fingerprint density at radius 1 is 1.23 bits per heavy atom. The van der Waals surface area contributed by atoms with E-state index in [0.29, 0.717) is 0 Å². The first-order chi connectivity index (χ1) is 12.5. The summed E-state index contributed by atoms with van der Waals surface area (Å²) in [6, 6.07) is 8.13. The molecule has 2 aromatic heterocycles. The fourth-order valence-electron chi connectivity index (χ4n) is 2.78. The SMILES string of the molecule is COc1ccc(-n2ncc([C@H](C)NCc3cnc(N(C)C)s3)c2C)cc1. The second kappa shape index (κ2) is 7.88. The number of ether oxygens (including phenoxy) is 1. The first-order valence-electron chi connectivity index (χ1n) is 8.54. The van der Waals surface area contributed by atoms with E-state index in [2.05, 4.69) is 29.2 Å². The maximum absolute atomic E-state index is 5.22. The van der Waals surface area contributed by atoms with Crippen molar-refractivity contribution in [2.24, 2.45) is 0 Å². The van der Waals surface area contributed by atoms with E-state index in [-0.39, 0.29) is 6.04 Å². The van der Waals surface area contributed by atoms with Crippen molar-refractivity contribution >= 4 is 16.5 Å². The minimum Gasteiger partial charge on any atom is -0.497 e. The van der Waals surface area contributed by atoms with Crippen LogP contribution in [0.1, 0.15) is 29.1 Å². The predicted octanol–water partition coefficient (Wildman–Crippen LogP) is 3.56. The molecule has 6 nitrogen and oxygen atoms in total. The third kappa shape index (κ3) is 3.89. The molecular weight excluding hydrogens is 346 g/mol. The molecule has 1 atom stereocenters. The van der Waals surface area contributed by atoms with Gasteiger partial charge in [-0.05, 0) is 38.1 Å². The quantitative estimate of drug-likeness (QED) is 0.688. The van der Waals surface area contributed by atoms with Crippen LogP contribution in [-0.2, 0) is 6.54 Å². The van der Waals surface area contributed by atoms with Gasteiger partial charge in [0, 0.05) is 49.0 Å². The summed E-state index contributed by atoms with van der Waals surface area (Å²) in [5.74, 6) is 0.843. The molecule has 0 aliphatic carbocycles. The van der Waals surface area contributed by atoms with Crippen LogP contribution in [0.5, 0.6) is 5.75 Å². The molecule has 0 bridgehead atoms. The Morgan fingerprint density at radius 3 is 2.58 bits per heavy atom. The van der Waals surface area contributed by atoms with Crippen molar-refractivity contribution in [3.8, 4) is 11.4 Å². The lowest BCUT2D eigenvalue weighted by Gasteiger charge is -2.13. The molecular formula is C19H25N5OS. The van der Waals surface area contributed by atoms with E-state index in [4.69, 9.17) is 4.74 Å². The van der Waals surface area contributed by atoms with Crippen molar-refractivity contribution in [1.82, 2.24) is 20.1 Å². The fourth-order valence-corrected chi connectivity index (χ4v) is 3.56. The highest BCUT2D eigenvalue weighted by Crippen LogP contribution is 2.24. The summed E-state index contributed by atoms with van der Waals surface area (Å²) in [6.07, 6.45) is 3.88. The van der Waals surface area contributed by atoms with Gasteiger partial charge in [0.2, 0.25) is 0 Å². The number of methoxy groups -OCH3 is 1. The molecule has 1 aromatic carbocycles. The monoisotopic (exact) mass is 371 g/mol. The molecule has 2 heterocycles. The van der Waals surface area contributed by atoms with Crippen LogP contribution in [0.25, 0.3) is 5.69 Å². The Labute approximate surface area is 158 Å². The Morgan fingerprint density at radius 2 is 1.96 bits per heavy atom. The van der Waals surface area contributed by atoms with E-state index in [1.54, 1.807) is 18.4 Å². The zero-order valence-electron chi connectivity index (χ0n) is 15.9. The number of aromatic nitrogens is 3. The zero-order valence-corrected chi connectivity index (χ0v) is 16.7. The number of nitrogens with one attached hydrogen (secondary N) is 1. The lowest BCUT2D eigenvalue weighted by Crippen LogP contribution is -2.18. The Hall–Kier alpha value is -2.38. The largest absolute Gasteiger partial charge is 0.497 e. The van der Waals surface area contributed by atoms with Gasteiger partial charge in [-0.1, -0.05) is 0 Å². The Balaban J connectivity index is 1.69. The first-order valence-corrected chi connectivity index (χ1v) is 9.35. The van der Waals surface area contributed by atoms with E-state index in [1.807, 2.05) is 60.3 Å². The van der Waals surface area contributed by atoms with Gasteiger partial charge in [0.15, 0.2) is 5.13 Å². The second-order valence-corrected chi connectivity index (χ2v) is 7.49. The van der Waals surface area contributed by atoms with Crippen LogP contribution in [0, 0.1) is 6.92 Å². The number of anilines is 1. The third-order valence-corrected chi connectivity index (χ3v) is 5.50. The molecule has 0 aliphatic rings. The van der Waals surface area contributed by atoms with Crippen molar-refractivity contribution in [3.63, 3.8) is 0 Å². The Kier molecular flexibility index (Phi) is 5.58. The summed E-state index contributed by atoms with van der Waals surface area (Å²) < 4.78 is 7.18. The molecule has 0 spiro atoms. The van der Waals surface area contributed by atoms with Crippen molar-refractivity contribution in [2.75, 3.05) is 26.1 Å². The number of hydrogen-bond acceptors (Lipinski definition) is 6. The van der Waals surface area contributed by atoms with Gasteiger partial charge < -0.3 is 15.0 Å². The summed E-state index contributed by atoms with van der Waals surface area (Å²) in [7, 11) is 5.69. The molecule has 0 fully saturated rings. The molecule has 0 aliphatic heterocycles. The molecule has 138 valence electrons. The summed E-state index contributed by atoms with van der Waals surface area (Å²) in [5, 5.41) is 9.16. The van der Waals surface area contributed by atoms with Gasteiger partial charge in [0.25, 0.3) is 0 Å². The molecule has 26 heavy (non-hydrogen) atoms. The van der Waals surface area contributed by atoms with E-state index in [0.717, 1.165) is 28.8 Å². The molecule has 0 amide bonds.